The van der Waals surface area contributed by atoms with Crippen LogP contribution in [-0.2, 0) is 11.2 Å². The smallest absolute Gasteiger partial charge is 0.225 e. The number of para-hydroxylation sites is 1. The van der Waals surface area contributed by atoms with Crippen molar-refractivity contribution in [2.45, 2.75) is 39.5 Å². The highest BCUT2D eigenvalue weighted by Gasteiger charge is 2.13. The van der Waals surface area contributed by atoms with Gasteiger partial charge in [0.05, 0.1) is 12.0 Å². The molecule has 1 aromatic rings. The first-order valence-electron chi connectivity index (χ1n) is 6.48. The summed E-state index contributed by atoms with van der Waals surface area (Å²) in [5, 5.41) is 11.8. The van der Waals surface area contributed by atoms with Crippen molar-refractivity contribution >= 4 is 11.6 Å². The molecule has 0 spiro atoms. The molecular weight excluding hydrogens is 224 g/mol. The van der Waals surface area contributed by atoms with E-state index in [1.165, 1.54) is 0 Å². The van der Waals surface area contributed by atoms with Gasteiger partial charge in [0.25, 0.3) is 0 Å². The molecular formula is C15H20N2O. The highest BCUT2D eigenvalue weighted by molar-refractivity contribution is 5.91. The van der Waals surface area contributed by atoms with Crippen molar-refractivity contribution < 1.29 is 4.79 Å². The second-order valence-corrected chi connectivity index (χ2v) is 4.38. The third-order valence-electron chi connectivity index (χ3n) is 2.92. The molecule has 0 radical (unpaired) electrons. The molecule has 96 valence electrons. The summed E-state index contributed by atoms with van der Waals surface area (Å²) in [6.45, 7) is 4.08. The Labute approximate surface area is 109 Å². The maximum atomic E-state index is 11.9. The molecule has 1 N–H and O–H groups in total. The summed E-state index contributed by atoms with van der Waals surface area (Å²) >= 11 is 0. The van der Waals surface area contributed by atoms with Crippen LogP contribution < -0.4 is 5.32 Å². The minimum absolute atomic E-state index is 0.0732. The fraction of sp³-hybridized carbons (Fsp3) is 0.467. The highest BCUT2D eigenvalue weighted by atomic mass is 16.1. The number of aryl methyl sites for hydroxylation is 1. The van der Waals surface area contributed by atoms with E-state index in [0.29, 0.717) is 0 Å². The SMILES string of the molecule is CCCC(C#N)CC(=O)Nc1ccccc1CC. The van der Waals surface area contributed by atoms with Gasteiger partial charge in [-0.05, 0) is 24.5 Å². The topological polar surface area (TPSA) is 52.9 Å². The molecule has 0 aliphatic rings. The Morgan fingerprint density at radius 1 is 1.39 bits per heavy atom. The van der Waals surface area contributed by atoms with Crippen molar-refractivity contribution in [3.63, 3.8) is 0 Å². The highest BCUT2D eigenvalue weighted by Crippen LogP contribution is 2.17. The standard InChI is InChI=1S/C15H20N2O/c1-3-7-12(11-16)10-15(18)17-14-9-6-5-8-13(14)4-2/h5-6,8-9,12H,3-4,7,10H2,1-2H3,(H,17,18). The number of anilines is 1. The second kappa shape index (κ2) is 7.50. The molecule has 0 aliphatic heterocycles. The number of hydrogen-bond acceptors (Lipinski definition) is 2. The van der Waals surface area contributed by atoms with Crippen LogP contribution in [0.2, 0.25) is 0 Å². The molecule has 0 saturated heterocycles. The van der Waals surface area contributed by atoms with Crippen LogP contribution in [0, 0.1) is 17.2 Å². The second-order valence-electron chi connectivity index (χ2n) is 4.38. The van der Waals surface area contributed by atoms with Crippen LogP contribution >= 0.6 is 0 Å². The summed E-state index contributed by atoms with van der Waals surface area (Å²) in [4.78, 5) is 11.9. The molecule has 1 aromatic carbocycles. The van der Waals surface area contributed by atoms with Crippen LogP contribution in [-0.4, -0.2) is 5.91 Å². The number of nitriles is 1. The number of rotatable bonds is 6. The van der Waals surface area contributed by atoms with Gasteiger partial charge in [-0.25, -0.2) is 0 Å². The van der Waals surface area contributed by atoms with E-state index < -0.39 is 0 Å². The molecule has 0 aromatic heterocycles. The molecule has 0 heterocycles. The van der Waals surface area contributed by atoms with Crippen molar-refractivity contribution in [2.24, 2.45) is 5.92 Å². The average Bonchev–Trinajstić information content (AvgIpc) is 2.38. The average molecular weight is 244 g/mol. The van der Waals surface area contributed by atoms with Gasteiger partial charge in [0.1, 0.15) is 0 Å². The predicted octanol–water partition coefficient (Wildman–Crippen LogP) is 3.52. The normalized spacial score (nSPS) is 11.6. The number of hydrogen-bond donors (Lipinski definition) is 1. The van der Waals surface area contributed by atoms with Gasteiger partial charge in [0.15, 0.2) is 0 Å². The van der Waals surface area contributed by atoms with Gasteiger partial charge in [-0.2, -0.15) is 5.26 Å². The van der Waals surface area contributed by atoms with Gasteiger partial charge in [-0.15, -0.1) is 0 Å². The fourth-order valence-corrected chi connectivity index (χ4v) is 1.94. The van der Waals surface area contributed by atoms with Crippen LogP contribution in [0.5, 0.6) is 0 Å². The largest absolute Gasteiger partial charge is 0.326 e. The van der Waals surface area contributed by atoms with Gasteiger partial charge in [-0.1, -0.05) is 38.5 Å². The maximum Gasteiger partial charge on any atom is 0.225 e. The monoisotopic (exact) mass is 244 g/mol. The van der Waals surface area contributed by atoms with Gasteiger partial charge in [0.2, 0.25) is 5.91 Å². The first-order valence-corrected chi connectivity index (χ1v) is 6.48. The van der Waals surface area contributed by atoms with E-state index in [2.05, 4.69) is 18.3 Å². The summed E-state index contributed by atoms with van der Waals surface area (Å²) in [6.07, 6.45) is 2.87. The Bertz CT molecular complexity index is 434. The van der Waals surface area contributed by atoms with Crippen LogP contribution in [0.3, 0.4) is 0 Å². The van der Waals surface area contributed by atoms with Crippen LogP contribution in [0.4, 0.5) is 5.69 Å². The molecule has 1 rings (SSSR count). The quantitative estimate of drug-likeness (QED) is 0.832. The Morgan fingerprint density at radius 2 is 2.11 bits per heavy atom. The van der Waals surface area contributed by atoms with Crippen molar-refractivity contribution in [2.75, 3.05) is 5.32 Å². The molecule has 1 unspecified atom stereocenters. The van der Waals surface area contributed by atoms with Gasteiger partial charge >= 0.3 is 0 Å². The van der Waals surface area contributed by atoms with E-state index in [-0.39, 0.29) is 18.2 Å². The van der Waals surface area contributed by atoms with E-state index in [9.17, 15) is 4.79 Å². The lowest BCUT2D eigenvalue weighted by Gasteiger charge is -2.11. The van der Waals surface area contributed by atoms with E-state index in [4.69, 9.17) is 5.26 Å². The van der Waals surface area contributed by atoms with Crippen molar-refractivity contribution in [1.82, 2.24) is 0 Å². The zero-order chi connectivity index (χ0) is 13.4. The summed E-state index contributed by atoms with van der Waals surface area (Å²) < 4.78 is 0. The Kier molecular flexibility index (Phi) is 5.93. The minimum atomic E-state index is -0.177. The first kappa shape index (κ1) is 14.2. The lowest BCUT2D eigenvalue weighted by molar-refractivity contribution is -0.116. The molecule has 0 saturated carbocycles. The molecule has 18 heavy (non-hydrogen) atoms. The molecule has 0 aliphatic carbocycles. The lowest BCUT2D eigenvalue weighted by atomic mass is 10.0. The zero-order valence-corrected chi connectivity index (χ0v) is 11.1. The van der Waals surface area contributed by atoms with Gasteiger partial charge < -0.3 is 5.32 Å². The number of carbonyl (C=O) groups is 1. The van der Waals surface area contributed by atoms with E-state index >= 15 is 0 Å². The predicted molar refractivity (Wildman–Crippen MR) is 73.1 cm³/mol. The van der Waals surface area contributed by atoms with Crippen molar-refractivity contribution in [1.29, 1.82) is 5.26 Å². The van der Waals surface area contributed by atoms with E-state index in [0.717, 1.165) is 30.5 Å². The minimum Gasteiger partial charge on any atom is -0.326 e. The molecule has 1 amide bonds. The Hall–Kier alpha value is -1.82. The summed E-state index contributed by atoms with van der Waals surface area (Å²) in [7, 11) is 0. The van der Waals surface area contributed by atoms with Crippen LogP contribution in [0.15, 0.2) is 24.3 Å². The molecule has 1 atom stereocenters. The molecule has 0 bridgehead atoms. The maximum absolute atomic E-state index is 11.9. The first-order chi connectivity index (χ1) is 8.71. The third kappa shape index (κ3) is 4.21. The zero-order valence-electron chi connectivity index (χ0n) is 11.1. The number of nitrogens with zero attached hydrogens (tertiary/aromatic N) is 1. The molecule has 3 heteroatoms. The number of amides is 1. The Balaban J connectivity index is 2.62. The van der Waals surface area contributed by atoms with Gasteiger partial charge in [0, 0.05) is 12.1 Å². The van der Waals surface area contributed by atoms with Crippen molar-refractivity contribution in [3.05, 3.63) is 29.8 Å². The summed E-state index contributed by atoms with van der Waals surface area (Å²) in [5.74, 6) is -0.250. The van der Waals surface area contributed by atoms with E-state index in [1.54, 1.807) is 0 Å². The summed E-state index contributed by atoms with van der Waals surface area (Å²) in [6, 6.07) is 9.96. The van der Waals surface area contributed by atoms with E-state index in [1.807, 2.05) is 31.2 Å². The fourth-order valence-electron chi connectivity index (χ4n) is 1.94. The summed E-state index contributed by atoms with van der Waals surface area (Å²) in [5.41, 5.74) is 1.98. The number of nitrogens with one attached hydrogen (secondary N) is 1. The van der Waals surface area contributed by atoms with Crippen molar-refractivity contribution in [3.8, 4) is 6.07 Å². The number of benzene rings is 1. The molecule has 3 nitrogen and oxygen atoms in total. The van der Waals surface area contributed by atoms with Crippen LogP contribution in [0.1, 0.15) is 38.7 Å². The number of carbonyl (C=O) groups excluding carboxylic acids is 1. The third-order valence-corrected chi connectivity index (χ3v) is 2.92. The lowest BCUT2D eigenvalue weighted by Crippen LogP contribution is -2.16. The Morgan fingerprint density at radius 3 is 2.72 bits per heavy atom. The van der Waals surface area contributed by atoms with Crippen LogP contribution in [0.25, 0.3) is 0 Å². The van der Waals surface area contributed by atoms with Gasteiger partial charge in [-0.3, -0.25) is 4.79 Å². The molecule has 0 fully saturated rings.